The molecule has 0 radical (unpaired) electrons. The highest BCUT2D eigenvalue weighted by atomic mass is 19.3. The minimum absolute atomic E-state index is 0.281. The minimum Gasteiger partial charge on any atom is -0.515 e. The molecule has 1 aromatic heterocycles. The zero-order chi connectivity index (χ0) is 24.7. The summed E-state index contributed by atoms with van der Waals surface area (Å²) < 4.78 is 25.4. The van der Waals surface area contributed by atoms with E-state index in [1.165, 1.54) is 12.5 Å². The van der Waals surface area contributed by atoms with Gasteiger partial charge in [0.05, 0.1) is 24.5 Å². The number of aliphatic hydroxyl groups excluding tert-OH is 1. The fraction of sp³-hybridized carbons (Fsp3) is 0.304. The molecule has 0 spiro atoms. The maximum Gasteiger partial charge on any atom is 0.262 e. The molecule has 2 aromatic rings. The van der Waals surface area contributed by atoms with E-state index in [-0.39, 0.29) is 18.0 Å². The molecule has 176 valence electrons. The van der Waals surface area contributed by atoms with Gasteiger partial charge in [-0.3, -0.25) is 15.2 Å². The summed E-state index contributed by atoms with van der Waals surface area (Å²) >= 11 is 0. The van der Waals surface area contributed by atoms with E-state index >= 15 is 0 Å². The molecule has 0 aliphatic carbocycles. The Hall–Kier alpha value is -3.66. The molecule has 8 nitrogen and oxygen atoms in total. The summed E-state index contributed by atoms with van der Waals surface area (Å²) in [5.74, 6) is -1.21. The van der Waals surface area contributed by atoms with Crippen LogP contribution in [0, 0.1) is 19.3 Å². The number of anilines is 2. The first-order valence-corrected chi connectivity index (χ1v) is 10.1. The highest BCUT2D eigenvalue weighted by Gasteiger charge is 2.17. The number of carbonyl (C=O) groups is 1. The molecule has 0 aliphatic rings. The SMILES string of the molecule is Cc1cc(CC(F)F)cc(C)c1N(C)C=NC(=N)/C(=C/O)C(=O)Nc1cncc(C(C)N)c1. The van der Waals surface area contributed by atoms with E-state index in [4.69, 9.17) is 11.1 Å². The average Bonchev–Trinajstić information content (AvgIpc) is 2.71. The van der Waals surface area contributed by atoms with E-state index in [9.17, 15) is 18.7 Å². The van der Waals surface area contributed by atoms with Gasteiger partial charge in [0.25, 0.3) is 5.91 Å². The van der Waals surface area contributed by atoms with E-state index in [0.717, 1.165) is 16.8 Å². The van der Waals surface area contributed by atoms with Gasteiger partial charge in [0.2, 0.25) is 6.43 Å². The van der Waals surface area contributed by atoms with Gasteiger partial charge in [-0.25, -0.2) is 13.8 Å². The summed E-state index contributed by atoms with van der Waals surface area (Å²) in [4.78, 5) is 22.1. The lowest BCUT2D eigenvalue weighted by atomic mass is 10.0. The second kappa shape index (κ2) is 11.3. The standard InChI is InChI=1S/C23H28F2N6O2/c1-13-5-16(7-20(24)25)6-14(2)21(13)31(4)12-29-22(27)19(11-32)23(33)30-18-8-17(15(3)26)9-28-10-18/h5-6,8-12,15,20,27,32H,7,26H2,1-4H3,(H,30,33)/b19-11-,27-22?,29-12?. The van der Waals surface area contributed by atoms with Crippen molar-refractivity contribution in [3.05, 3.63) is 64.7 Å². The van der Waals surface area contributed by atoms with Crippen LogP contribution in [-0.4, -0.2) is 41.6 Å². The third kappa shape index (κ3) is 6.91. The first kappa shape index (κ1) is 25.6. The van der Waals surface area contributed by atoms with Gasteiger partial charge in [0.1, 0.15) is 5.57 Å². The molecule has 0 fully saturated rings. The van der Waals surface area contributed by atoms with Crippen LogP contribution in [0.1, 0.15) is 35.2 Å². The summed E-state index contributed by atoms with van der Waals surface area (Å²) in [7, 11) is 1.69. The number of hydrogen-bond acceptors (Lipinski definition) is 5. The van der Waals surface area contributed by atoms with Crippen LogP contribution in [0.5, 0.6) is 0 Å². The van der Waals surface area contributed by atoms with Gasteiger partial charge in [-0.15, -0.1) is 0 Å². The predicted octanol–water partition coefficient (Wildman–Crippen LogP) is 4.05. The van der Waals surface area contributed by atoms with Gasteiger partial charge < -0.3 is 21.1 Å². The minimum atomic E-state index is -2.43. The van der Waals surface area contributed by atoms with Crippen LogP contribution >= 0.6 is 0 Å². The number of pyridine rings is 1. The van der Waals surface area contributed by atoms with Crippen molar-refractivity contribution in [2.45, 2.75) is 39.7 Å². The van der Waals surface area contributed by atoms with Crippen LogP contribution in [0.15, 0.2) is 47.4 Å². The number of aromatic nitrogens is 1. The lowest BCUT2D eigenvalue weighted by Gasteiger charge is -2.20. The third-order valence-corrected chi connectivity index (χ3v) is 4.83. The normalized spacial score (nSPS) is 12.8. The van der Waals surface area contributed by atoms with Gasteiger partial charge >= 0.3 is 0 Å². The number of halogens is 2. The second-order valence-electron chi connectivity index (χ2n) is 7.67. The van der Waals surface area contributed by atoms with Crippen molar-refractivity contribution in [1.29, 1.82) is 5.41 Å². The Morgan fingerprint density at radius 3 is 2.48 bits per heavy atom. The summed E-state index contributed by atoms with van der Waals surface area (Å²) in [5, 5.41) is 20.2. The Morgan fingerprint density at radius 2 is 1.94 bits per heavy atom. The van der Waals surface area contributed by atoms with Crippen molar-refractivity contribution < 1.29 is 18.7 Å². The van der Waals surface area contributed by atoms with Gasteiger partial charge in [-0.1, -0.05) is 12.1 Å². The fourth-order valence-electron chi connectivity index (χ4n) is 3.37. The first-order chi connectivity index (χ1) is 15.5. The predicted molar refractivity (Wildman–Crippen MR) is 126 cm³/mol. The van der Waals surface area contributed by atoms with Crippen molar-refractivity contribution >= 4 is 29.5 Å². The Morgan fingerprint density at radius 1 is 1.30 bits per heavy atom. The van der Waals surface area contributed by atoms with Crippen molar-refractivity contribution in [2.24, 2.45) is 10.7 Å². The van der Waals surface area contributed by atoms with Gasteiger partial charge in [0.15, 0.2) is 5.84 Å². The number of amides is 1. The quantitative estimate of drug-likeness (QED) is 0.205. The number of carbonyl (C=O) groups excluding carboxylic acids is 1. The summed E-state index contributed by atoms with van der Waals surface area (Å²) in [6, 6.07) is 4.73. The molecule has 1 heterocycles. The first-order valence-electron chi connectivity index (χ1n) is 10.1. The Bertz CT molecular complexity index is 1060. The number of alkyl halides is 2. The second-order valence-corrected chi connectivity index (χ2v) is 7.67. The van der Waals surface area contributed by atoms with Gasteiger partial charge in [-0.2, -0.15) is 0 Å². The zero-order valence-corrected chi connectivity index (χ0v) is 18.9. The van der Waals surface area contributed by atoms with Crippen LogP contribution in [0.4, 0.5) is 20.2 Å². The van der Waals surface area contributed by atoms with E-state index in [1.54, 1.807) is 57.1 Å². The molecule has 2 rings (SSSR count). The average molecular weight is 459 g/mol. The van der Waals surface area contributed by atoms with Crippen molar-refractivity contribution in [3.63, 3.8) is 0 Å². The highest BCUT2D eigenvalue weighted by Crippen LogP contribution is 2.26. The maximum atomic E-state index is 12.7. The third-order valence-electron chi connectivity index (χ3n) is 4.83. The van der Waals surface area contributed by atoms with Crippen molar-refractivity contribution in [3.8, 4) is 0 Å². The number of rotatable bonds is 8. The smallest absolute Gasteiger partial charge is 0.262 e. The van der Waals surface area contributed by atoms with E-state index in [2.05, 4.69) is 15.3 Å². The molecule has 5 N–H and O–H groups in total. The molecule has 1 amide bonds. The summed E-state index contributed by atoms with van der Waals surface area (Å²) in [6.07, 6.45) is 2.07. The van der Waals surface area contributed by atoms with Crippen LogP contribution < -0.4 is 16.0 Å². The molecule has 0 aliphatic heterocycles. The molecule has 0 bridgehead atoms. The lowest BCUT2D eigenvalue weighted by molar-refractivity contribution is -0.112. The topological polar surface area (TPSA) is 128 Å². The molecule has 1 unspecified atom stereocenters. The van der Waals surface area contributed by atoms with Crippen LogP contribution in [-0.2, 0) is 11.2 Å². The van der Waals surface area contributed by atoms with Crippen LogP contribution in [0.25, 0.3) is 0 Å². The van der Waals surface area contributed by atoms with Gasteiger partial charge in [-0.05, 0) is 49.1 Å². The number of nitrogens with zero attached hydrogens (tertiary/aromatic N) is 3. The van der Waals surface area contributed by atoms with Crippen LogP contribution in [0.2, 0.25) is 0 Å². The summed E-state index contributed by atoms with van der Waals surface area (Å²) in [6.45, 7) is 5.37. The Balaban J connectivity index is 2.14. The Kier molecular flexibility index (Phi) is 8.75. The molecule has 0 saturated heterocycles. The number of benzene rings is 1. The molecule has 10 heteroatoms. The maximum absolute atomic E-state index is 12.7. The molecule has 1 atom stereocenters. The number of nitrogens with two attached hydrogens (primary N) is 1. The number of nitrogens with one attached hydrogen (secondary N) is 2. The monoisotopic (exact) mass is 458 g/mol. The lowest BCUT2D eigenvalue weighted by Crippen LogP contribution is -2.22. The summed E-state index contributed by atoms with van der Waals surface area (Å²) in [5.41, 5.74) is 9.34. The number of amidine groups is 1. The van der Waals surface area contributed by atoms with Crippen molar-refractivity contribution in [1.82, 2.24) is 4.98 Å². The van der Waals surface area contributed by atoms with Crippen molar-refractivity contribution in [2.75, 3.05) is 17.3 Å². The highest BCUT2D eigenvalue weighted by molar-refractivity contribution is 6.24. The van der Waals surface area contributed by atoms with E-state index in [0.29, 0.717) is 23.1 Å². The number of hydrogen-bond donors (Lipinski definition) is 4. The molecule has 1 aromatic carbocycles. The zero-order valence-electron chi connectivity index (χ0n) is 18.9. The Labute approximate surface area is 191 Å². The van der Waals surface area contributed by atoms with E-state index < -0.39 is 18.2 Å². The molecular weight excluding hydrogens is 430 g/mol. The van der Waals surface area contributed by atoms with Gasteiger partial charge in [0, 0.05) is 31.4 Å². The van der Waals surface area contributed by atoms with E-state index in [1.807, 2.05) is 0 Å². The van der Waals surface area contributed by atoms with Crippen LogP contribution in [0.3, 0.4) is 0 Å². The number of aliphatic imine (C=N–C) groups is 1. The number of aryl methyl sites for hydroxylation is 2. The molecule has 0 saturated carbocycles. The molecular formula is C23H28F2N6O2. The number of aliphatic hydroxyl groups is 1. The molecule has 33 heavy (non-hydrogen) atoms. The largest absolute Gasteiger partial charge is 0.515 e. The fourth-order valence-corrected chi connectivity index (χ4v) is 3.37.